The number of carbonyl (C=O) groups excluding carboxylic acids is 2. The fourth-order valence-electron chi connectivity index (χ4n) is 6.70. The molecule has 0 saturated heterocycles. The molecule has 0 spiro atoms. The van der Waals surface area contributed by atoms with Gasteiger partial charge in [0.05, 0.1) is 0 Å². The van der Waals surface area contributed by atoms with Crippen LogP contribution in [0.25, 0.3) is 6.08 Å². The Morgan fingerprint density at radius 1 is 0.786 bits per heavy atom. The molecule has 2 aromatic carbocycles. The van der Waals surface area contributed by atoms with Crippen LogP contribution in [0.4, 0.5) is 0 Å². The molecule has 2 N–H and O–H groups in total. The topological polar surface area (TPSA) is 58.2 Å². The average molecular weight is 593 g/mol. The molecule has 2 amide bonds. The maximum absolute atomic E-state index is 13.2. The number of amides is 2. The largest absolute Gasteiger partial charge is 0.349 e. The molecule has 4 nitrogen and oxygen atoms in total. The lowest BCUT2D eigenvalue weighted by atomic mass is 9.78. The Balaban J connectivity index is 1.19. The van der Waals surface area contributed by atoms with Gasteiger partial charge in [-0.15, -0.1) is 22.7 Å². The summed E-state index contributed by atoms with van der Waals surface area (Å²) in [5.41, 5.74) is 7.89. The van der Waals surface area contributed by atoms with Crippen molar-refractivity contribution in [1.29, 1.82) is 0 Å². The van der Waals surface area contributed by atoms with Gasteiger partial charge in [-0.05, 0) is 89.7 Å². The fraction of sp³-hybridized carbons (Fsp3) is 0.278. The van der Waals surface area contributed by atoms with Crippen molar-refractivity contribution in [3.8, 4) is 0 Å². The Morgan fingerprint density at radius 3 is 2.02 bits per heavy atom. The van der Waals surface area contributed by atoms with Crippen molar-refractivity contribution in [2.45, 2.75) is 63.5 Å². The van der Waals surface area contributed by atoms with Crippen LogP contribution in [0.15, 0.2) is 84.8 Å². The van der Waals surface area contributed by atoms with E-state index in [9.17, 15) is 9.59 Å². The maximum Gasteiger partial charge on any atom is 0.244 e. The molecule has 4 atom stereocenters. The highest BCUT2D eigenvalue weighted by molar-refractivity contribution is 7.13. The first-order valence-corrected chi connectivity index (χ1v) is 16.3. The second kappa shape index (κ2) is 12.2. The van der Waals surface area contributed by atoms with Gasteiger partial charge >= 0.3 is 0 Å². The molecule has 0 bridgehead atoms. The maximum atomic E-state index is 13.2. The molecule has 0 unspecified atom stereocenters. The summed E-state index contributed by atoms with van der Waals surface area (Å²) in [5.74, 6) is 0.300. The summed E-state index contributed by atoms with van der Waals surface area (Å²) in [5, 5.41) is 8.61. The summed E-state index contributed by atoms with van der Waals surface area (Å²) in [7, 11) is 0. The van der Waals surface area contributed by atoms with E-state index in [1.807, 2.05) is 6.08 Å². The van der Waals surface area contributed by atoms with E-state index >= 15 is 0 Å². The smallest absolute Gasteiger partial charge is 0.244 e. The lowest BCUT2D eigenvalue weighted by Gasteiger charge is -2.31. The summed E-state index contributed by atoms with van der Waals surface area (Å²) >= 11 is 3.51. The van der Waals surface area contributed by atoms with E-state index in [-0.39, 0.29) is 29.8 Å². The number of hydrogen-bond donors (Lipinski definition) is 2. The van der Waals surface area contributed by atoms with Crippen molar-refractivity contribution >= 4 is 40.6 Å². The van der Waals surface area contributed by atoms with E-state index in [2.05, 4.69) is 97.1 Å². The molecule has 2 aliphatic rings. The highest BCUT2D eigenvalue weighted by Gasteiger charge is 2.32. The van der Waals surface area contributed by atoms with E-state index in [1.165, 1.54) is 49.2 Å². The van der Waals surface area contributed by atoms with Crippen molar-refractivity contribution in [2.75, 3.05) is 0 Å². The first-order valence-electron chi connectivity index (χ1n) is 14.6. The second-order valence-electron chi connectivity index (χ2n) is 11.5. The number of carbonyl (C=O) groups is 2. The molecule has 0 aliphatic heterocycles. The average Bonchev–Trinajstić information content (AvgIpc) is 3.63. The first-order chi connectivity index (χ1) is 20.4. The SMILES string of the molecule is C=CC(=O)N[C@@H]1Cc2sc(/C=C\C(=O)N[C@H]3Cc4sccc4[C@@H](c4ccccc4C)C3)cc2[C@@H](c2ccccc2C)C1. The van der Waals surface area contributed by atoms with E-state index in [1.54, 1.807) is 28.7 Å². The number of rotatable bonds is 7. The van der Waals surface area contributed by atoms with Crippen LogP contribution < -0.4 is 10.6 Å². The minimum atomic E-state index is -0.137. The van der Waals surface area contributed by atoms with E-state index in [0.29, 0.717) is 5.92 Å². The normalized spacial score (nSPS) is 21.4. The predicted molar refractivity (Wildman–Crippen MR) is 174 cm³/mol. The van der Waals surface area contributed by atoms with Gasteiger partial charge in [0.2, 0.25) is 11.8 Å². The summed E-state index contributed by atoms with van der Waals surface area (Å²) in [4.78, 5) is 29.0. The molecule has 2 heterocycles. The van der Waals surface area contributed by atoms with Gasteiger partial charge in [-0.3, -0.25) is 9.59 Å². The Bertz CT molecular complexity index is 1660. The van der Waals surface area contributed by atoms with Crippen molar-refractivity contribution < 1.29 is 9.59 Å². The number of aryl methyl sites for hydroxylation is 2. The van der Waals surface area contributed by atoms with Gasteiger partial charge < -0.3 is 10.6 Å². The third-order valence-corrected chi connectivity index (χ3v) is 10.8. The minimum absolute atomic E-state index is 0.0426. The zero-order valence-electron chi connectivity index (χ0n) is 24.1. The second-order valence-corrected chi connectivity index (χ2v) is 13.6. The lowest BCUT2D eigenvalue weighted by molar-refractivity contribution is -0.118. The molecule has 214 valence electrons. The van der Waals surface area contributed by atoms with Crippen molar-refractivity contribution in [3.63, 3.8) is 0 Å². The molecule has 6 rings (SSSR count). The third kappa shape index (κ3) is 5.92. The fourth-order valence-corrected chi connectivity index (χ4v) is 8.93. The summed E-state index contributed by atoms with van der Waals surface area (Å²) in [6.07, 6.45) is 8.37. The van der Waals surface area contributed by atoms with Gasteiger partial charge in [0.1, 0.15) is 0 Å². The molecule has 0 fully saturated rings. The van der Waals surface area contributed by atoms with E-state index in [4.69, 9.17) is 0 Å². The highest BCUT2D eigenvalue weighted by atomic mass is 32.1. The molecule has 2 aliphatic carbocycles. The van der Waals surface area contributed by atoms with E-state index in [0.717, 1.165) is 30.6 Å². The first kappa shape index (κ1) is 28.4. The van der Waals surface area contributed by atoms with Gasteiger partial charge in [-0.25, -0.2) is 0 Å². The summed E-state index contributed by atoms with van der Waals surface area (Å²) in [6.45, 7) is 7.94. The highest BCUT2D eigenvalue weighted by Crippen LogP contribution is 2.43. The Kier molecular flexibility index (Phi) is 8.27. The zero-order chi connectivity index (χ0) is 29.2. The molecule has 42 heavy (non-hydrogen) atoms. The number of thiophene rings is 2. The van der Waals surface area contributed by atoms with Gasteiger partial charge in [0, 0.05) is 57.5 Å². The number of nitrogens with one attached hydrogen (secondary N) is 2. The van der Waals surface area contributed by atoms with Crippen LogP contribution >= 0.6 is 22.7 Å². The monoisotopic (exact) mass is 592 g/mol. The number of hydrogen-bond acceptors (Lipinski definition) is 4. The molecule has 0 saturated carbocycles. The number of benzene rings is 2. The van der Waals surface area contributed by atoms with Crippen LogP contribution in [0.5, 0.6) is 0 Å². The van der Waals surface area contributed by atoms with Crippen LogP contribution in [0.2, 0.25) is 0 Å². The zero-order valence-corrected chi connectivity index (χ0v) is 25.7. The lowest BCUT2D eigenvalue weighted by Crippen LogP contribution is -2.39. The van der Waals surface area contributed by atoms with Gasteiger partial charge in [-0.1, -0.05) is 55.1 Å². The summed E-state index contributed by atoms with van der Waals surface area (Å²) in [6, 6.07) is 21.7. The molecule has 0 radical (unpaired) electrons. The molecular formula is C36H36N2O2S2. The molecular weight excluding hydrogens is 557 g/mol. The Labute approximate surface area is 256 Å². The van der Waals surface area contributed by atoms with Crippen molar-refractivity contribution in [1.82, 2.24) is 10.6 Å². The van der Waals surface area contributed by atoms with Gasteiger partial charge in [0.15, 0.2) is 0 Å². The van der Waals surface area contributed by atoms with Crippen molar-refractivity contribution in [3.05, 3.63) is 133 Å². The van der Waals surface area contributed by atoms with Crippen molar-refractivity contribution in [2.24, 2.45) is 0 Å². The standard InChI is InChI=1S/C36H36N2O2S2/c1-4-35(39)37-25-18-31(28-12-8-6-10-23(28)3)32-21-26(42-34(32)20-25)13-14-36(40)38-24-17-30(27-11-7-5-9-22(27)2)29-15-16-41-33(29)19-24/h4-16,21,24-25,30-31H,1,17-20H2,2-3H3,(H,37,39)(H,38,40)/b14-13-/t24-,25+,30-,31-/m1/s1. The molecule has 6 heteroatoms. The molecule has 2 aromatic heterocycles. The minimum Gasteiger partial charge on any atom is -0.349 e. The van der Waals surface area contributed by atoms with Crippen LogP contribution in [0.1, 0.15) is 72.7 Å². The van der Waals surface area contributed by atoms with E-state index < -0.39 is 0 Å². The van der Waals surface area contributed by atoms with Crippen LogP contribution in [-0.2, 0) is 22.4 Å². The predicted octanol–water partition coefficient (Wildman–Crippen LogP) is 7.45. The van der Waals surface area contributed by atoms with Gasteiger partial charge in [-0.2, -0.15) is 0 Å². The third-order valence-electron chi connectivity index (χ3n) is 8.70. The quantitative estimate of drug-likeness (QED) is 0.219. The van der Waals surface area contributed by atoms with Crippen LogP contribution in [0.3, 0.4) is 0 Å². The van der Waals surface area contributed by atoms with Crippen LogP contribution in [0, 0.1) is 13.8 Å². The van der Waals surface area contributed by atoms with Crippen LogP contribution in [-0.4, -0.2) is 23.9 Å². The van der Waals surface area contributed by atoms with Gasteiger partial charge in [0.25, 0.3) is 0 Å². The number of fused-ring (bicyclic) bond motifs is 2. The Morgan fingerprint density at radius 2 is 1.38 bits per heavy atom. The summed E-state index contributed by atoms with van der Waals surface area (Å²) < 4.78 is 0. The molecule has 4 aromatic rings. The Hall–Kier alpha value is -3.74.